The quantitative estimate of drug-likeness (QED) is 0.709. The fraction of sp³-hybridized carbons (Fsp3) is 0.0625. The van der Waals surface area contributed by atoms with Gasteiger partial charge in [-0.2, -0.15) is 0 Å². The first-order chi connectivity index (χ1) is 9.38. The third-order valence-corrected chi connectivity index (χ3v) is 3.82. The van der Waals surface area contributed by atoms with E-state index in [0.717, 1.165) is 17.1 Å². The lowest BCUT2D eigenvalue weighted by molar-refractivity contribution is 1.30. The highest BCUT2D eigenvalue weighted by Gasteiger charge is 2.08. The summed E-state index contributed by atoms with van der Waals surface area (Å²) in [5.41, 5.74) is 3.36. The molecule has 1 aromatic heterocycles. The van der Waals surface area contributed by atoms with Gasteiger partial charge in [-0.1, -0.05) is 48.5 Å². The van der Waals surface area contributed by atoms with Crippen LogP contribution in [0, 0.1) is 0 Å². The van der Waals surface area contributed by atoms with Crippen molar-refractivity contribution in [1.82, 2.24) is 9.97 Å². The highest BCUT2D eigenvalue weighted by atomic mass is 32.2. The molecule has 0 aliphatic heterocycles. The van der Waals surface area contributed by atoms with E-state index in [4.69, 9.17) is 0 Å². The van der Waals surface area contributed by atoms with Gasteiger partial charge in [-0.3, -0.25) is 0 Å². The molecule has 0 aliphatic rings. The summed E-state index contributed by atoms with van der Waals surface area (Å²) in [6, 6.07) is 18.5. The molecule has 1 heterocycles. The summed E-state index contributed by atoms with van der Waals surface area (Å²) in [4.78, 5) is 9.12. The van der Waals surface area contributed by atoms with Gasteiger partial charge in [-0.25, -0.2) is 4.98 Å². The molecular formula is C16H14N2S. The molecule has 0 radical (unpaired) electrons. The molecule has 19 heavy (non-hydrogen) atoms. The topological polar surface area (TPSA) is 28.7 Å². The normalized spacial score (nSPS) is 10.6. The molecule has 3 rings (SSSR count). The molecule has 94 valence electrons. The number of H-pyrrole nitrogens is 1. The van der Waals surface area contributed by atoms with Gasteiger partial charge in [0.05, 0.1) is 11.9 Å². The summed E-state index contributed by atoms with van der Waals surface area (Å²) in [7, 11) is 0. The van der Waals surface area contributed by atoms with Crippen LogP contribution in [0.2, 0.25) is 0 Å². The number of imidazole rings is 1. The molecule has 0 saturated carbocycles. The van der Waals surface area contributed by atoms with Gasteiger partial charge in [0.15, 0.2) is 0 Å². The van der Waals surface area contributed by atoms with Gasteiger partial charge in [-0.15, -0.1) is 11.8 Å². The van der Waals surface area contributed by atoms with Crippen molar-refractivity contribution < 1.29 is 0 Å². The van der Waals surface area contributed by atoms with Crippen LogP contribution in [0.1, 0.15) is 0 Å². The van der Waals surface area contributed by atoms with Crippen LogP contribution in [0.4, 0.5) is 0 Å². The van der Waals surface area contributed by atoms with E-state index < -0.39 is 0 Å². The van der Waals surface area contributed by atoms with Gasteiger partial charge in [-0.05, 0) is 12.3 Å². The van der Waals surface area contributed by atoms with Gasteiger partial charge >= 0.3 is 0 Å². The number of nitrogens with one attached hydrogen (secondary N) is 1. The molecule has 0 bridgehead atoms. The van der Waals surface area contributed by atoms with Crippen molar-refractivity contribution in [2.45, 2.75) is 4.90 Å². The number of benzene rings is 2. The van der Waals surface area contributed by atoms with Crippen LogP contribution in [0.5, 0.6) is 0 Å². The molecule has 2 aromatic carbocycles. The van der Waals surface area contributed by atoms with E-state index in [1.165, 1.54) is 10.5 Å². The minimum Gasteiger partial charge on any atom is -0.338 e. The Morgan fingerprint density at radius 3 is 2.47 bits per heavy atom. The van der Waals surface area contributed by atoms with E-state index >= 15 is 0 Å². The molecule has 0 unspecified atom stereocenters. The molecule has 3 aromatic rings. The highest BCUT2D eigenvalue weighted by Crippen LogP contribution is 2.30. The Hall–Kier alpha value is -2.00. The van der Waals surface area contributed by atoms with Gasteiger partial charge in [0.2, 0.25) is 0 Å². The molecule has 0 aliphatic carbocycles. The van der Waals surface area contributed by atoms with Crippen molar-refractivity contribution in [2.24, 2.45) is 0 Å². The summed E-state index contributed by atoms with van der Waals surface area (Å²) in [6.45, 7) is 0. The Kier molecular flexibility index (Phi) is 3.38. The van der Waals surface area contributed by atoms with Crippen molar-refractivity contribution in [2.75, 3.05) is 6.26 Å². The summed E-state index contributed by atoms with van der Waals surface area (Å²) in [5, 5.41) is 0. The fourth-order valence-electron chi connectivity index (χ4n) is 2.07. The number of aromatic amines is 1. The predicted molar refractivity (Wildman–Crippen MR) is 81.2 cm³/mol. The van der Waals surface area contributed by atoms with Crippen LogP contribution in [-0.2, 0) is 0 Å². The summed E-state index contributed by atoms with van der Waals surface area (Å²) < 4.78 is 0. The largest absolute Gasteiger partial charge is 0.338 e. The maximum Gasteiger partial charge on any atom is 0.137 e. The lowest BCUT2D eigenvalue weighted by Gasteiger charge is -2.04. The molecule has 0 amide bonds. The second-order valence-corrected chi connectivity index (χ2v) is 5.06. The van der Waals surface area contributed by atoms with Crippen LogP contribution in [0.3, 0.4) is 0 Å². The highest BCUT2D eigenvalue weighted by molar-refractivity contribution is 7.98. The average Bonchev–Trinajstić information content (AvgIpc) is 2.98. The standard InChI is InChI=1S/C16H14N2S/c1-19-15-10-6-5-9-13(15)14-11-17-16(18-14)12-7-3-2-4-8-12/h2-11H,1H3,(H,17,18). The Labute approximate surface area is 116 Å². The van der Waals surface area contributed by atoms with Gasteiger partial charge in [0.25, 0.3) is 0 Å². The Morgan fingerprint density at radius 2 is 1.68 bits per heavy atom. The monoisotopic (exact) mass is 266 g/mol. The number of hydrogen-bond donors (Lipinski definition) is 1. The van der Waals surface area contributed by atoms with Gasteiger partial charge in [0.1, 0.15) is 5.82 Å². The van der Waals surface area contributed by atoms with E-state index in [-0.39, 0.29) is 0 Å². The number of hydrogen-bond acceptors (Lipinski definition) is 2. The zero-order chi connectivity index (χ0) is 13.1. The van der Waals surface area contributed by atoms with Crippen LogP contribution in [-0.4, -0.2) is 16.2 Å². The smallest absolute Gasteiger partial charge is 0.137 e. The van der Waals surface area contributed by atoms with Crippen molar-refractivity contribution >= 4 is 11.8 Å². The van der Waals surface area contributed by atoms with E-state index in [1.807, 2.05) is 24.4 Å². The molecule has 0 atom stereocenters. The number of aromatic nitrogens is 2. The third kappa shape index (κ3) is 2.42. The first-order valence-corrected chi connectivity index (χ1v) is 7.35. The number of rotatable bonds is 3. The molecule has 0 fully saturated rings. The number of nitrogens with zero attached hydrogens (tertiary/aromatic N) is 1. The van der Waals surface area contributed by atoms with E-state index in [0.29, 0.717) is 0 Å². The van der Waals surface area contributed by atoms with E-state index in [1.54, 1.807) is 11.8 Å². The second-order valence-electron chi connectivity index (χ2n) is 4.21. The Morgan fingerprint density at radius 1 is 0.947 bits per heavy atom. The SMILES string of the molecule is CSc1ccccc1-c1cnc(-c2ccccc2)[nH]1. The van der Waals surface area contributed by atoms with Crippen LogP contribution in [0.25, 0.3) is 22.6 Å². The van der Waals surface area contributed by atoms with Crippen LogP contribution in [0.15, 0.2) is 65.7 Å². The zero-order valence-electron chi connectivity index (χ0n) is 10.6. The first-order valence-electron chi connectivity index (χ1n) is 6.12. The molecule has 0 saturated heterocycles. The van der Waals surface area contributed by atoms with E-state index in [2.05, 4.69) is 52.6 Å². The zero-order valence-corrected chi connectivity index (χ0v) is 11.4. The lowest BCUT2D eigenvalue weighted by Crippen LogP contribution is -1.82. The summed E-state index contributed by atoms with van der Waals surface area (Å²) in [5.74, 6) is 0.909. The molecule has 3 heteroatoms. The predicted octanol–water partition coefficient (Wildman–Crippen LogP) is 4.47. The maximum absolute atomic E-state index is 4.47. The number of thioether (sulfide) groups is 1. The average molecular weight is 266 g/mol. The van der Waals surface area contributed by atoms with E-state index in [9.17, 15) is 0 Å². The van der Waals surface area contributed by atoms with Crippen molar-refractivity contribution in [1.29, 1.82) is 0 Å². The Balaban J connectivity index is 2.02. The van der Waals surface area contributed by atoms with Gasteiger partial charge < -0.3 is 4.98 Å². The molecule has 2 nitrogen and oxygen atoms in total. The lowest BCUT2D eigenvalue weighted by atomic mass is 10.2. The molecule has 0 spiro atoms. The second kappa shape index (κ2) is 5.33. The molecular weight excluding hydrogens is 252 g/mol. The van der Waals surface area contributed by atoms with Crippen molar-refractivity contribution in [3.05, 3.63) is 60.8 Å². The summed E-state index contributed by atoms with van der Waals surface area (Å²) >= 11 is 1.75. The van der Waals surface area contributed by atoms with Crippen LogP contribution < -0.4 is 0 Å². The molecule has 1 N–H and O–H groups in total. The fourth-order valence-corrected chi connectivity index (χ4v) is 2.68. The summed E-state index contributed by atoms with van der Waals surface area (Å²) in [6.07, 6.45) is 3.99. The van der Waals surface area contributed by atoms with Gasteiger partial charge in [0, 0.05) is 16.0 Å². The third-order valence-electron chi connectivity index (χ3n) is 3.02. The van der Waals surface area contributed by atoms with Crippen LogP contribution >= 0.6 is 11.8 Å². The van der Waals surface area contributed by atoms with Crippen molar-refractivity contribution in [3.8, 4) is 22.6 Å². The van der Waals surface area contributed by atoms with Crippen molar-refractivity contribution in [3.63, 3.8) is 0 Å². The maximum atomic E-state index is 4.47. The minimum atomic E-state index is 0.909. The first kappa shape index (κ1) is 12.1. The Bertz CT molecular complexity index is 674. The minimum absolute atomic E-state index is 0.909.